The number of aromatic nitrogens is 3. The van der Waals surface area contributed by atoms with E-state index in [0.29, 0.717) is 22.9 Å². The first-order chi connectivity index (χ1) is 16.2. The largest absolute Gasteiger partial charge is 0.497 e. The predicted octanol–water partition coefficient (Wildman–Crippen LogP) is 5.26. The lowest BCUT2D eigenvalue weighted by Crippen LogP contribution is -2.16. The van der Waals surface area contributed by atoms with Crippen LogP contribution >= 0.6 is 0 Å². The molecule has 0 radical (unpaired) electrons. The van der Waals surface area contributed by atoms with Crippen LogP contribution in [0.25, 0.3) is 16.7 Å². The van der Waals surface area contributed by atoms with Crippen LogP contribution in [0.2, 0.25) is 0 Å². The molecule has 2 aromatic heterocycles. The van der Waals surface area contributed by atoms with Crippen molar-refractivity contribution in [1.82, 2.24) is 14.8 Å². The number of fused-ring (bicyclic) bond motifs is 1. The molecule has 4 aromatic rings. The number of carbonyl (C=O) groups excluding carboxylic acids is 2. The molecule has 1 N–H and O–H groups in total. The molecule has 7 heteroatoms. The van der Waals surface area contributed by atoms with Gasteiger partial charge in [-0.25, -0.2) is 4.98 Å². The molecule has 0 saturated carbocycles. The number of ketones is 1. The van der Waals surface area contributed by atoms with Crippen LogP contribution in [-0.2, 0) is 4.79 Å². The van der Waals surface area contributed by atoms with Gasteiger partial charge in [0.15, 0.2) is 11.6 Å². The fourth-order valence-electron chi connectivity index (χ4n) is 4.05. The zero-order valence-electron chi connectivity index (χ0n) is 20.1. The lowest BCUT2D eigenvalue weighted by atomic mass is 10.0. The number of pyridine rings is 1. The van der Waals surface area contributed by atoms with Crippen molar-refractivity contribution in [3.8, 4) is 11.6 Å². The van der Waals surface area contributed by atoms with E-state index in [9.17, 15) is 9.59 Å². The van der Waals surface area contributed by atoms with Crippen molar-refractivity contribution in [3.05, 3.63) is 76.5 Å². The highest BCUT2D eigenvalue weighted by Gasteiger charge is 2.16. The van der Waals surface area contributed by atoms with Crippen LogP contribution in [0, 0.1) is 27.7 Å². The van der Waals surface area contributed by atoms with Crippen molar-refractivity contribution in [2.45, 2.75) is 40.5 Å². The highest BCUT2D eigenvalue weighted by molar-refractivity contribution is 6.00. The molecule has 2 heterocycles. The topological polar surface area (TPSA) is 86.1 Å². The standard InChI is InChI=1S/C27H28N4O3/c1-16-12-18(3)27-22(13-16)17(2)14-24(29-27)31-25(15-19(4)30-31)28-26(33)11-10-23(32)20-6-8-21(34-5)9-7-20/h6-9,12-15H,10-11H2,1-5H3,(H,28,33). The van der Waals surface area contributed by atoms with Crippen LogP contribution < -0.4 is 10.1 Å². The first kappa shape index (κ1) is 23.2. The summed E-state index contributed by atoms with van der Waals surface area (Å²) >= 11 is 0. The summed E-state index contributed by atoms with van der Waals surface area (Å²) in [5.41, 5.74) is 5.58. The van der Waals surface area contributed by atoms with Gasteiger partial charge in [0.05, 0.1) is 18.3 Å². The Morgan fingerprint density at radius 3 is 2.38 bits per heavy atom. The number of aryl methyl sites for hydroxylation is 4. The van der Waals surface area contributed by atoms with Crippen molar-refractivity contribution < 1.29 is 14.3 Å². The molecule has 0 aliphatic carbocycles. The lowest BCUT2D eigenvalue weighted by Gasteiger charge is -2.12. The molecule has 1 amide bonds. The summed E-state index contributed by atoms with van der Waals surface area (Å²) in [6.45, 7) is 8.03. The third-order valence-corrected chi connectivity index (χ3v) is 5.75. The second-order valence-electron chi connectivity index (χ2n) is 8.56. The Bertz CT molecular complexity index is 1390. The van der Waals surface area contributed by atoms with Gasteiger partial charge in [0.1, 0.15) is 11.6 Å². The quantitative estimate of drug-likeness (QED) is 0.383. The van der Waals surface area contributed by atoms with Gasteiger partial charge in [-0.15, -0.1) is 0 Å². The summed E-state index contributed by atoms with van der Waals surface area (Å²) in [4.78, 5) is 30.0. The number of hydrogen-bond acceptors (Lipinski definition) is 5. The third kappa shape index (κ3) is 4.83. The summed E-state index contributed by atoms with van der Waals surface area (Å²) in [7, 11) is 1.57. The summed E-state index contributed by atoms with van der Waals surface area (Å²) in [5.74, 6) is 1.48. The van der Waals surface area contributed by atoms with Gasteiger partial charge in [0.2, 0.25) is 5.91 Å². The minimum Gasteiger partial charge on any atom is -0.497 e. The van der Waals surface area contributed by atoms with Gasteiger partial charge in [-0.3, -0.25) is 9.59 Å². The Labute approximate surface area is 198 Å². The van der Waals surface area contributed by atoms with Gasteiger partial charge in [-0.1, -0.05) is 11.6 Å². The zero-order chi connectivity index (χ0) is 24.4. The number of anilines is 1. The molecular weight excluding hydrogens is 428 g/mol. The van der Waals surface area contributed by atoms with E-state index in [1.165, 1.54) is 5.56 Å². The Morgan fingerprint density at radius 2 is 1.68 bits per heavy atom. The maximum atomic E-state index is 12.7. The first-order valence-electron chi connectivity index (χ1n) is 11.2. The van der Waals surface area contributed by atoms with E-state index in [4.69, 9.17) is 9.72 Å². The van der Waals surface area contributed by atoms with Gasteiger partial charge < -0.3 is 10.1 Å². The van der Waals surface area contributed by atoms with Crippen LogP contribution in [0.1, 0.15) is 45.6 Å². The van der Waals surface area contributed by atoms with Gasteiger partial charge in [0, 0.05) is 29.9 Å². The Balaban J connectivity index is 1.52. The lowest BCUT2D eigenvalue weighted by molar-refractivity contribution is -0.116. The van der Waals surface area contributed by atoms with E-state index in [-0.39, 0.29) is 24.5 Å². The van der Waals surface area contributed by atoms with Gasteiger partial charge >= 0.3 is 0 Å². The second kappa shape index (κ2) is 9.47. The molecule has 0 atom stereocenters. The van der Waals surface area contributed by atoms with Crippen LogP contribution in [0.5, 0.6) is 5.75 Å². The molecule has 2 aromatic carbocycles. The van der Waals surface area contributed by atoms with Crippen molar-refractivity contribution in [1.29, 1.82) is 0 Å². The molecular formula is C27H28N4O3. The molecule has 174 valence electrons. The van der Waals surface area contributed by atoms with Crippen LogP contribution in [0.3, 0.4) is 0 Å². The molecule has 0 aliphatic rings. The summed E-state index contributed by atoms with van der Waals surface area (Å²) < 4.78 is 6.76. The zero-order valence-corrected chi connectivity index (χ0v) is 20.1. The number of amides is 1. The molecule has 0 spiro atoms. The summed E-state index contributed by atoms with van der Waals surface area (Å²) in [6, 6.07) is 14.9. The number of Topliss-reactive ketones (excluding diaryl/α,β-unsaturated/α-hetero) is 1. The average molecular weight is 457 g/mol. The SMILES string of the molecule is COc1ccc(C(=O)CCC(=O)Nc2cc(C)nn2-c2cc(C)c3cc(C)cc(C)c3n2)cc1. The van der Waals surface area contributed by atoms with Crippen molar-refractivity contribution in [2.24, 2.45) is 0 Å². The second-order valence-corrected chi connectivity index (χ2v) is 8.56. The van der Waals surface area contributed by atoms with E-state index in [1.54, 1.807) is 42.1 Å². The van der Waals surface area contributed by atoms with Crippen molar-refractivity contribution in [3.63, 3.8) is 0 Å². The number of ether oxygens (including phenoxy) is 1. The van der Waals surface area contributed by atoms with Crippen LogP contribution in [0.15, 0.2) is 48.5 Å². The van der Waals surface area contributed by atoms with E-state index < -0.39 is 0 Å². The number of benzene rings is 2. The fraction of sp³-hybridized carbons (Fsp3) is 0.259. The average Bonchev–Trinajstić information content (AvgIpc) is 3.17. The summed E-state index contributed by atoms with van der Waals surface area (Å²) in [5, 5.41) is 8.55. The normalized spacial score (nSPS) is 11.0. The highest BCUT2D eigenvalue weighted by Crippen LogP contribution is 2.26. The minimum atomic E-state index is -0.257. The smallest absolute Gasteiger partial charge is 0.225 e. The number of nitrogens with one attached hydrogen (secondary N) is 1. The molecule has 0 fully saturated rings. The first-order valence-corrected chi connectivity index (χ1v) is 11.2. The number of methoxy groups -OCH3 is 1. The van der Waals surface area contributed by atoms with Gasteiger partial charge in [-0.05, 0) is 75.2 Å². The maximum Gasteiger partial charge on any atom is 0.225 e. The highest BCUT2D eigenvalue weighted by atomic mass is 16.5. The van der Waals surface area contributed by atoms with E-state index in [2.05, 4.69) is 29.5 Å². The fourth-order valence-corrected chi connectivity index (χ4v) is 4.05. The number of hydrogen-bond donors (Lipinski definition) is 1. The van der Waals surface area contributed by atoms with E-state index >= 15 is 0 Å². The number of carbonyl (C=O) groups is 2. The molecule has 34 heavy (non-hydrogen) atoms. The Kier molecular flexibility index (Phi) is 6.45. The van der Waals surface area contributed by atoms with Crippen LogP contribution in [0.4, 0.5) is 5.82 Å². The molecule has 7 nitrogen and oxygen atoms in total. The molecule has 0 bridgehead atoms. The Morgan fingerprint density at radius 1 is 0.941 bits per heavy atom. The van der Waals surface area contributed by atoms with Gasteiger partial charge in [-0.2, -0.15) is 9.78 Å². The predicted molar refractivity (Wildman–Crippen MR) is 133 cm³/mol. The van der Waals surface area contributed by atoms with E-state index in [1.807, 2.05) is 26.8 Å². The van der Waals surface area contributed by atoms with Gasteiger partial charge in [0.25, 0.3) is 0 Å². The molecule has 0 aliphatic heterocycles. The number of rotatable bonds is 7. The minimum absolute atomic E-state index is 0.0671. The maximum absolute atomic E-state index is 12.7. The Hall–Kier alpha value is -4.00. The molecule has 0 unspecified atom stereocenters. The number of nitrogens with zero attached hydrogens (tertiary/aromatic N) is 3. The van der Waals surface area contributed by atoms with Crippen LogP contribution in [-0.4, -0.2) is 33.6 Å². The third-order valence-electron chi connectivity index (χ3n) is 5.75. The molecule has 0 saturated heterocycles. The van der Waals surface area contributed by atoms with Crippen molar-refractivity contribution >= 4 is 28.4 Å². The van der Waals surface area contributed by atoms with Crippen molar-refractivity contribution in [2.75, 3.05) is 12.4 Å². The summed E-state index contributed by atoms with van der Waals surface area (Å²) in [6.07, 6.45) is 0.175. The monoisotopic (exact) mass is 456 g/mol. The molecule has 4 rings (SSSR count). The van der Waals surface area contributed by atoms with E-state index in [0.717, 1.165) is 27.7 Å².